The zero-order valence-electron chi connectivity index (χ0n) is 17.3. The van der Waals surface area contributed by atoms with Crippen LogP contribution in [0.4, 0.5) is 11.4 Å². The highest BCUT2D eigenvalue weighted by Crippen LogP contribution is 2.30. The molecular weight excluding hydrogens is 356 g/mol. The van der Waals surface area contributed by atoms with E-state index in [-0.39, 0.29) is 23.8 Å². The molecule has 0 aliphatic heterocycles. The molecule has 0 spiro atoms. The van der Waals surface area contributed by atoms with Gasteiger partial charge in [-0.2, -0.15) is 0 Å². The van der Waals surface area contributed by atoms with Crippen molar-refractivity contribution in [1.29, 1.82) is 0 Å². The molecule has 0 aliphatic rings. The zero-order chi connectivity index (χ0) is 20.9. The first-order valence-corrected chi connectivity index (χ1v) is 9.06. The Balaban J connectivity index is 2.14. The summed E-state index contributed by atoms with van der Waals surface area (Å²) in [6.45, 7) is 7.74. The predicted molar refractivity (Wildman–Crippen MR) is 111 cm³/mol. The number of amides is 2. The largest absolute Gasteiger partial charge is 0.493 e. The number of methoxy groups -OCH3 is 2. The average molecular weight is 384 g/mol. The number of hydrogen-bond donors (Lipinski definition) is 1. The molecule has 0 aliphatic carbocycles. The van der Waals surface area contributed by atoms with E-state index in [0.29, 0.717) is 22.9 Å². The zero-order valence-corrected chi connectivity index (χ0v) is 17.3. The van der Waals surface area contributed by atoms with Gasteiger partial charge in [0.05, 0.1) is 14.2 Å². The van der Waals surface area contributed by atoms with E-state index in [0.717, 1.165) is 5.56 Å². The van der Waals surface area contributed by atoms with Crippen molar-refractivity contribution in [3.63, 3.8) is 0 Å². The Labute approximate surface area is 166 Å². The monoisotopic (exact) mass is 384 g/mol. The van der Waals surface area contributed by atoms with E-state index in [4.69, 9.17) is 9.47 Å². The molecule has 0 aromatic heterocycles. The van der Waals surface area contributed by atoms with Gasteiger partial charge in [-0.3, -0.25) is 9.59 Å². The number of nitrogens with one attached hydrogen (secondary N) is 1. The van der Waals surface area contributed by atoms with E-state index < -0.39 is 0 Å². The molecule has 2 aromatic carbocycles. The van der Waals surface area contributed by atoms with Crippen LogP contribution in [0.15, 0.2) is 42.5 Å². The molecule has 2 amide bonds. The van der Waals surface area contributed by atoms with Crippen molar-refractivity contribution < 1.29 is 19.1 Å². The van der Waals surface area contributed by atoms with Gasteiger partial charge >= 0.3 is 0 Å². The molecule has 6 nitrogen and oxygen atoms in total. The molecule has 0 heterocycles. The van der Waals surface area contributed by atoms with E-state index in [1.807, 2.05) is 24.3 Å². The summed E-state index contributed by atoms with van der Waals surface area (Å²) < 4.78 is 10.4. The lowest BCUT2D eigenvalue weighted by atomic mass is 9.87. The third-order valence-electron chi connectivity index (χ3n) is 4.39. The van der Waals surface area contributed by atoms with Crippen LogP contribution in [0.2, 0.25) is 0 Å². The second kappa shape index (κ2) is 8.78. The minimum absolute atomic E-state index is 0.0182. The van der Waals surface area contributed by atoms with Gasteiger partial charge in [0.1, 0.15) is 6.54 Å². The maximum absolute atomic E-state index is 12.5. The number of hydrogen-bond acceptors (Lipinski definition) is 4. The number of rotatable bonds is 6. The van der Waals surface area contributed by atoms with Crippen LogP contribution < -0.4 is 19.7 Å². The Bertz CT molecular complexity index is 839. The Morgan fingerprint density at radius 3 is 2.07 bits per heavy atom. The van der Waals surface area contributed by atoms with Crippen molar-refractivity contribution >= 4 is 23.2 Å². The lowest BCUT2D eigenvalue weighted by molar-refractivity contribution is -0.120. The van der Waals surface area contributed by atoms with Gasteiger partial charge in [0.15, 0.2) is 11.5 Å². The summed E-state index contributed by atoms with van der Waals surface area (Å²) >= 11 is 0. The smallest absolute Gasteiger partial charge is 0.244 e. The van der Waals surface area contributed by atoms with Crippen molar-refractivity contribution in [3.8, 4) is 11.5 Å². The van der Waals surface area contributed by atoms with Crippen molar-refractivity contribution in [3.05, 3.63) is 48.0 Å². The minimum Gasteiger partial charge on any atom is -0.493 e. The van der Waals surface area contributed by atoms with Crippen molar-refractivity contribution in [2.24, 2.45) is 0 Å². The Kier molecular flexibility index (Phi) is 6.67. The number of benzene rings is 2. The average Bonchev–Trinajstić information content (AvgIpc) is 2.65. The number of nitrogens with zero attached hydrogens (tertiary/aromatic N) is 1. The van der Waals surface area contributed by atoms with Gasteiger partial charge < -0.3 is 19.7 Å². The van der Waals surface area contributed by atoms with Crippen LogP contribution in [0.5, 0.6) is 11.5 Å². The quantitative estimate of drug-likeness (QED) is 0.818. The molecule has 150 valence electrons. The number of carbonyl (C=O) groups excluding carboxylic acids is 2. The minimum atomic E-state index is -0.303. The lowest BCUT2D eigenvalue weighted by Gasteiger charge is -2.23. The van der Waals surface area contributed by atoms with Gasteiger partial charge in [0, 0.05) is 24.4 Å². The molecule has 1 N–H and O–H groups in total. The predicted octanol–water partition coefficient (Wildman–Crippen LogP) is 3.99. The molecule has 0 unspecified atom stereocenters. The maximum atomic E-state index is 12.5. The van der Waals surface area contributed by atoms with E-state index in [1.165, 1.54) is 18.9 Å². The Morgan fingerprint density at radius 2 is 1.57 bits per heavy atom. The van der Waals surface area contributed by atoms with Crippen LogP contribution in [-0.2, 0) is 15.0 Å². The van der Waals surface area contributed by atoms with E-state index in [9.17, 15) is 9.59 Å². The van der Waals surface area contributed by atoms with Gasteiger partial charge in [-0.05, 0) is 35.2 Å². The summed E-state index contributed by atoms with van der Waals surface area (Å²) in [5.41, 5.74) is 2.43. The fraction of sp³-hybridized carbons (Fsp3) is 0.364. The highest BCUT2D eigenvalue weighted by atomic mass is 16.5. The fourth-order valence-corrected chi connectivity index (χ4v) is 2.78. The van der Waals surface area contributed by atoms with Gasteiger partial charge in [0.2, 0.25) is 11.8 Å². The lowest BCUT2D eigenvalue weighted by Crippen LogP contribution is -2.36. The van der Waals surface area contributed by atoms with Crippen molar-refractivity contribution in [1.82, 2.24) is 0 Å². The van der Waals surface area contributed by atoms with Crippen LogP contribution in [0.1, 0.15) is 33.3 Å². The second-order valence-electron chi connectivity index (χ2n) is 7.52. The molecule has 0 atom stereocenters. The third kappa shape index (κ3) is 5.25. The first-order chi connectivity index (χ1) is 13.2. The molecule has 0 bridgehead atoms. The maximum Gasteiger partial charge on any atom is 0.244 e. The van der Waals surface area contributed by atoms with Gasteiger partial charge in [0.25, 0.3) is 0 Å². The van der Waals surface area contributed by atoms with Gasteiger partial charge in [-0.15, -0.1) is 0 Å². The van der Waals surface area contributed by atoms with E-state index in [1.54, 1.807) is 25.3 Å². The molecule has 0 fully saturated rings. The SMILES string of the molecule is COc1ccc(NC(=O)CN(C(C)=O)c2ccc(C(C)(C)C)cc2)cc1OC. The molecule has 2 aromatic rings. The van der Waals surface area contributed by atoms with Crippen LogP contribution in [0.25, 0.3) is 0 Å². The standard InChI is InChI=1S/C22H28N2O4/c1-15(25)24(18-10-7-16(8-11-18)22(2,3)4)14-21(26)23-17-9-12-19(27-5)20(13-17)28-6/h7-13H,14H2,1-6H3,(H,23,26). The first-order valence-electron chi connectivity index (χ1n) is 9.06. The number of carbonyl (C=O) groups is 2. The van der Waals surface area contributed by atoms with Crippen LogP contribution in [0, 0.1) is 0 Å². The first kappa shape index (κ1) is 21.3. The molecule has 6 heteroatoms. The third-order valence-corrected chi connectivity index (χ3v) is 4.39. The van der Waals surface area contributed by atoms with Crippen LogP contribution >= 0.6 is 0 Å². The summed E-state index contributed by atoms with van der Waals surface area (Å²) in [4.78, 5) is 26.1. The van der Waals surface area contributed by atoms with Crippen molar-refractivity contribution in [2.75, 3.05) is 31.0 Å². The Morgan fingerprint density at radius 1 is 0.964 bits per heavy atom. The van der Waals surface area contributed by atoms with Crippen LogP contribution in [-0.4, -0.2) is 32.6 Å². The number of anilines is 2. The van der Waals surface area contributed by atoms with Gasteiger partial charge in [-0.1, -0.05) is 32.9 Å². The molecule has 2 rings (SSSR count). The molecule has 0 radical (unpaired) electrons. The van der Waals surface area contributed by atoms with Crippen LogP contribution in [0.3, 0.4) is 0 Å². The summed E-state index contributed by atoms with van der Waals surface area (Å²) in [7, 11) is 3.08. The molecule has 0 saturated carbocycles. The van der Waals surface area contributed by atoms with Crippen molar-refractivity contribution in [2.45, 2.75) is 33.1 Å². The highest BCUT2D eigenvalue weighted by Gasteiger charge is 2.18. The molecule has 28 heavy (non-hydrogen) atoms. The topological polar surface area (TPSA) is 67.9 Å². The Hall–Kier alpha value is -3.02. The molecular formula is C22H28N2O4. The second-order valence-corrected chi connectivity index (χ2v) is 7.52. The summed E-state index contributed by atoms with van der Waals surface area (Å²) in [6.07, 6.45) is 0. The fourth-order valence-electron chi connectivity index (χ4n) is 2.78. The van der Waals surface area contributed by atoms with Gasteiger partial charge in [-0.25, -0.2) is 0 Å². The van der Waals surface area contributed by atoms with E-state index in [2.05, 4.69) is 26.1 Å². The summed E-state index contributed by atoms with van der Waals surface area (Å²) in [5, 5.41) is 2.79. The number of ether oxygens (including phenoxy) is 2. The molecule has 0 saturated heterocycles. The highest BCUT2D eigenvalue weighted by molar-refractivity contribution is 6.01. The summed E-state index contributed by atoms with van der Waals surface area (Å²) in [6, 6.07) is 12.8. The van der Waals surface area contributed by atoms with E-state index >= 15 is 0 Å². The summed E-state index contributed by atoms with van der Waals surface area (Å²) in [5.74, 6) is 0.583. The normalized spacial score (nSPS) is 10.9.